The number of unbranched alkanes of at least 4 members (excludes halogenated alkanes) is 1. The van der Waals surface area contributed by atoms with Crippen LogP contribution in [0.5, 0.6) is 23.0 Å². The number of methoxy groups -OCH3 is 4. The standard InChI is InChI=1S/C32H40ClN3O8S/c1-7-8-17-34-32(38)22(2)35(20-23-11-9-10-12-26(23)33)31(37)21-36(27-18-24(41-3)13-15-28(27)42-4)45(39,40)25-14-16-29(43-5)30(19-25)44-6/h9-16,18-19,22H,7-8,17,20-21H2,1-6H3,(H,34,38)/t22-/m0/s1. The number of anilines is 1. The fraction of sp³-hybridized carbons (Fsp3) is 0.375. The molecule has 0 saturated carbocycles. The molecule has 3 rings (SSSR count). The van der Waals surface area contributed by atoms with E-state index in [0.717, 1.165) is 17.1 Å². The van der Waals surface area contributed by atoms with Gasteiger partial charge in [-0.2, -0.15) is 0 Å². The lowest BCUT2D eigenvalue weighted by atomic mass is 10.1. The minimum absolute atomic E-state index is 0.0413. The van der Waals surface area contributed by atoms with Crippen LogP contribution >= 0.6 is 11.6 Å². The second-order valence-electron chi connectivity index (χ2n) is 10.00. The Hall–Kier alpha value is -4.16. The summed E-state index contributed by atoms with van der Waals surface area (Å²) >= 11 is 6.44. The van der Waals surface area contributed by atoms with Crippen molar-refractivity contribution in [2.75, 3.05) is 45.8 Å². The van der Waals surface area contributed by atoms with E-state index >= 15 is 0 Å². The van der Waals surface area contributed by atoms with Crippen LogP contribution in [0, 0.1) is 0 Å². The first-order chi connectivity index (χ1) is 21.5. The lowest BCUT2D eigenvalue weighted by molar-refractivity contribution is -0.139. The summed E-state index contributed by atoms with van der Waals surface area (Å²) in [7, 11) is 1.20. The molecule has 244 valence electrons. The second-order valence-corrected chi connectivity index (χ2v) is 12.3. The van der Waals surface area contributed by atoms with Gasteiger partial charge in [0.2, 0.25) is 11.8 Å². The maximum Gasteiger partial charge on any atom is 0.265 e. The first kappa shape index (κ1) is 35.3. The Morgan fingerprint density at radius 2 is 1.56 bits per heavy atom. The van der Waals surface area contributed by atoms with Crippen LogP contribution < -0.4 is 28.6 Å². The van der Waals surface area contributed by atoms with Crippen molar-refractivity contribution < 1.29 is 37.0 Å². The van der Waals surface area contributed by atoms with Gasteiger partial charge in [0.15, 0.2) is 11.5 Å². The molecule has 13 heteroatoms. The van der Waals surface area contributed by atoms with Gasteiger partial charge >= 0.3 is 0 Å². The predicted molar refractivity (Wildman–Crippen MR) is 173 cm³/mol. The molecular weight excluding hydrogens is 622 g/mol. The van der Waals surface area contributed by atoms with Crippen molar-refractivity contribution in [1.82, 2.24) is 10.2 Å². The Morgan fingerprint density at radius 3 is 2.18 bits per heavy atom. The topological polar surface area (TPSA) is 124 Å². The molecule has 0 aromatic heterocycles. The lowest BCUT2D eigenvalue weighted by Gasteiger charge is -2.32. The van der Waals surface area contributed by atoms with Crippen molar-refractivity contribution in [2.24, 2.45) is 0 Å². The highest BCUT2D eigenvalue weighted by molar-refractivity contribution is 7.92. The van der Waals surface area contributed by atoms with Crippen molar-refractivity contribution >= 4 is 39.1 Å². The van der Waals surface area contributed by atoms with Crippen LogP contribution in [0.25, 0.3) is 0 Å². The van der Waals surface area contributed by atoms with Crippen molar-refractivity contribution in [1.29, 1.82) is 0 Å². The maximum atomic E-state index is 14.4. The molecule has 1 atom stereocenters. The van der Waals surface area contributed by atoms with Crippen LogP contribution in [0.3, 0.4) is 0 Å². The molecule has 0 saturated heterocycles. The smallest absolute Gasteiger partial charge is 0.265 e. The molecule has 0 aliphatic rings. The molecule has 3 aromatic carbocycles. The van der Waals surface area contributed by atoms with Gasteiger partial charge in [0.05, 0.1) is 39.0 Å². The van der Waals surface area contributed by atoms with Gasteiger partial charge in [-0.05, 0) is 49.2 Å². The third-order valence-electron chi connectivity index (χ3n) is 7.17. The van der Waals surface area contributed by atoms with E-state index in [-0.39, 0.29) is 34.5 Å². The van der Waals surface area contributed by atoms with Crippen LogP contribution in [0.4, 0.5) is 5.69 Å². The van der Waals surface area contributed by atoms with Crippen LogP contribution in [-0.2, 0) is 26.2 Å². The third-order valence-corrected chi connectivity index (χ3v) is 9.30. The SMILES string of the molecule is CCCCNC(=O)[C@H](C)N(Cc1ccccc1Cl)C(=O)CN(c1cc(OC)ccc1OC)S(=O)(=O)c1ccc(OC)c(OC)c1. The van der Waals surface area contributed by atoms with E-state index in [1.807, 2.05) is 6.92 Å². The normalized spacial score (nSPS) is 11.7. The predicted octanol–water partition coefficient (Wildman–Crippen LogP) is 4.90. The average Bonchev–Trinajstić information content (AvgIpc) is 3.05. The minimum atomic E-state index is -4.45. The Balaban J connectivity index is 2.15. The van der Waals surface area contributed by atoms with Gasteiger partial charge in [-0.3, -0.25) is 13.9 Å². The summed E-state index contributed by atoms with van der Waals surface area (Å²) < 4.78 is 51.2. The average molecular weight is 662 g/mol. The molecule has 1 N–H and O–H groups in total. The number of ether oxygens (including phenoxy) is 4. The van der Waals surface area contributed by atoms with Crippen LogP contribution in [-0.4, -0.2) is 72.7 Å². The number of hydrogen-bond donors (Lipinski definition) is 1. The zero-order chi connectivity index (χ0) is 33.1. The van der Waals surface area contributed by atoms with Crippen LogP contribution in [0.15, 0.2) is 65.6 Å². The molecule has 0 radical (unpaired) electrons. The van der Waals surface area contributed by atoms with Crippen LogP contribution in [0.2, 0.25) is 5.02 Å². The van der Waals surface area contributed by atoms with Crippen molar-refractivity contribution in [3.63, 3.8) is 0 Å². The van der Waals surface area contributed by atoms with E-state index in [0.29, 0.717) is 28.6 Å². The largest absolute Gasteiger partial charge is 0.497 e. The maximum absolute atomic E-state index is 14.4. The molecule has 0 fully saturated rings. The van der Waals surface area contributed by atoms with E-state index < -0.39 is 28.5 Å². The molecule has 3 aromatic rings. The molecule has 0 aliphatic carbocycles. The number of benzene rings is 3. The molecule has 45 heavy (non-hydrogen) atoms. The summed E-state index contributed by atoms with van der Waals surface area (Å²) in [4.78, 5) is 28.6. The summed E-state index contributed by atoms with van der Waals surface area (Å²) in [5, 5.41) is 3.26. The van der Waals surface area contributed by atoms with Crippen LogP contribution in [0.1, 0.15) is 32.3 Å². The highest BCUT2D eigenvalue weighted by Crippen LogP contribution is 2.38. The monoisotopic (exact) mass is 661 g/mol. The molecule has 0 unspecified atom stereocenters. The number of hydrogen-bond acceptors (Lipinski definition) is 8. The zero-order valence-electron chi connectivity index (χ0n) is 26.3. The number of rotatable bonds is 16. The van der Waals surface area contributed by atoms with E-state index in [1.165, 1.54) is 57.6 Å². The fourth-order valence-electron chi connectivity index (χ4n) is 4.54. The fourth-order valence-corrected chi connectivity index (χ4v) is 6.17. The van der Waals surface area contributed by atoms with Crippen molar-refractivity contribution in [2.45, 2.75) is 44.2 Å². The van der Waals surface area contributed by atoms with E-state index in [2.05, 4.69) is 5.32 Å². The number of halogens is 1. The summed E-state index contributed by atoms with van der Waals surface area (Å²) in [6, 6.07) is 14.7. The number of nitrogens with zero attached hydrogens (tertiary/aromatic N) is 2. The Morgan fingerprint density at radius 1 is 0.889 bits per heavy atom. The molecule has 2 amide bonds. The quantitative estimate of drug-likeness (QED) is 0.215. The summed E-state index contributed by atoms with van der Waals surface area (Å²) in [5.74, 6) is -0.0100. The van der Waals surface area contributed by atoms with E-state index in [4.69, 9.17) is 30.5 Å². The highest BCUT2D eigenvalue weighted by atomic mass is 35.5. The number of amides is 2. The Bertz CT molecular complexity index is 1580. The van der Waals surface area contributed by atoms with Crippen molar-refractivity contribution in [3.8, 4) is 23.0 Å². The van der Waals surface area contributed by atoms with Gasteiger partial charge in [-0.1, -0.05) is 43.1 Å². The molecule has 0 heterocycles. The number of nitrogens with one attached hydrogen (secondary N) is 1. The summed E-state index contributed by atoms with van der Waals surface area (Å²) in [5.41, 5.74) is 0.645. The van der Waals surface area contributed by atoms with Gasteiger partial charge in [-0.15, -0.1) is 0 Å². The number of sulfonamides is 1. The van der Waals surface area contributed by atoms with Gasteiger partial charge in [0, 0.05) is 30.2 Å². The highest BCUT2D eigenvalue weighted by Gasteiger charge is 2.34. The number of carbonyl (C=O) groups is 2. The Kier molecular flexibility index (Phi) is 12.7. The molecule has 0 spiro atoms. The zero-order valence-corrected chi connectivity index (χ0v) is 27.9. The van der Waals surface area contributed by atoms with Crippen molar-refractivity contribution in [3.05, 3.63) is 71.2 Å². The minimum Gasteiger partial charge on any atom is -0.497 e. The van der Waals surface area contributed by atoms with E-state index in [1.54, 1.807) is 43.3 Å². The van der Waals surface area contributed by atoms with E-state index in [9.17, 15) is 18.0 Å². The summed E-state index contributed by atoms with van der Waals surface area (Å²) in [6.45, 7) is 3.31. The molecule has 0 bridgehead atoms. The third kappa shape index (κ3) is 8.52. The van der Waals surface area contributed by atoms with Gasteiger partial charge < -0.3 is 29.2 Å². The lowest BCUT2D eigenvalue weighted by Crippen LogP contribution is -2.51. The first-order valence-corrected chi connectivity index (χ1v) is 16.1. The molecular formula is C32H40ClN3O8S. The molecule has 11 nitrogen and oxygen atoms in total. The molecule has 0 aliphatic heterocycles. The number of carbonyl (C=O) groups excluding carboxylic acids is 2. The van der Waals surface area contributed by atoms with Gasteiger partial charge in [-0.25, -0.2) is 8.42 Å². The first-order valence-electron chi connectivity index (χ1n) is 14.3. The van der Waals surface area contributed by atoms with Gasteiger partial charge in [0.1, 0.15) is 24.1 Å². The second kappa shape index (κ2) is 16.2. The Labute approximate surface area is 270 Å². The van der Waals surface area contributed by atoms with Gasteiger partial charge in [0.25, 0.3) is 10.0 Å². The summed E-state index contributed by atoms with van der Waals surface area (Å²) in [6.07, 6.45) is 1.65.